The Labute approximate surface area is 344 Å². The summed E-state index contributed by atoms with van der Waals surface area (Å²) < 4.78 is 25.3. The highest BCUT2D eigenvalue weighted by molar-refractivity contribution is 6.99. The molecule has 6 heteroatoms. The van der Waals surface area contributed by atoms with Gasteiger partial charge in [0.25, 0.3) is 6.71 Å². The lowest BCUT2D eigenvalue weighted by Gasteiger charge is -2.38. The average Bonchev–Trinajstić information content (AvgIpc) is 3.82. The third-order valence-corrected chi connectivity index (χ3v) is 12.8. The summed E-state index contributed by atoms with van der Waals surface area (Å²) in [5, 5.41) is 4.96. The lowest BCUT2D eigenvalue weighted by molar-refractivity contribution is 0.443. The molecule has 3 aliphatic rings. The Hall–Kier alpha value is -7.96. The smallest absolute Gasteiger partial charge is 0.270 e. The van der Waals surface area contributed by atoms with E-state index in [1.54, 1.807) is 0 Å². The van der Waals surface area contributed by atoms with Crippen LogP contribution in [0.5, 0.6) is 34.5 Å². The second-order valence-electron chi connectivity index (χ2n) is 16.0. The number of rotatable bonds is 4. The summed E-state index contributed by atoms with van der Waals surface area (Å²) in [7, 11) is 0. The Morgan fingerprint density at radius 2 is 0.617 bits per heavy atom. The van der Waals surface area contributed by atoms with E-state index >= 15 is 0 Å². The van der Waals surface area contributed by atoms with Gasteiger partial charge in [-0.25, -0.2) is 0 Å². The van der Waals surface area contributed by atoms with Gasteiger partial charge in [0.05, 0.1) is 22.1 Å². The van der Waals surface area contributed by atoms with Gasteiger partial charge in [0.2, 0.25) is 0 Å². The normalized spacial score (nSPS) is 13.0. The van der Waals surface area contributed by atoms with Crippen LogP contribution in [0, 0.1) is 0 Å². The SMILES string of the molecule is c1cc(-c2cc3c4c(c2)Oc2cc(-c5cccc(-n6c7ccccc7c7ccccc76)c5)cc5c2B4c2c(cccc2O5)O3)cc(-n2c3ccccc3c3ccccc32)c1. The summed E-state index contributed by atoms with van der Waals surface area (Å²) >= 11 is 0. The second-order valence-corrected chi connectivity index (χ2v) is 16.0. The molecule has 14 rings (SSSR count). The Balaban J connectivity index is 0.922. The molecule has 0 atom stereocenters. The van der Waals surface area contributed by atoms with E-state index in [1.165, 1.54) is 43.6 Å². The van der Waals surface area contributed by atoms with E-state index in [0.717, 1.165) is 84.5 Å². The molecule has 278 valence electrons. The van der Waals surface area contributed by atoms with Gasteiger partial charge in [0, 0.05) is 49.3 Å². The zero-order valence-electron chi connectivity index (χ0n) is 32.1. The van der Waals surface area contributed by atoms with Gasteiger partial charge in [-0.1, -0.05) is 103 Å². The van der Waals surface area contributed by atoms with Gasteiger partial charge in [-0.3, -0.25) is 0 Å². The van der Waals surface area contributed by atoms with Gasteiger partial charge in [0.15, 0.2) is 0 Å². The summed E-state index contributed by atoms with van der Waals surface area (Å²) in [6, 6.07) is 66.9. The molecule has 0 fully saturated rings. The lowest BCUT2D eigenvalue weighted by atomic mass is 9.34. The molecule has 11 aromatic rings. The van der Waals surface area contributed by atoms with Crippen molar-refractivity contribution in [1.29, 1.82) is 0 Å². The minimum absolute atomic E-state index is 0.0848. The zero-order valence-corrected chi connectivity index (χ0v) is 32.1. The van der Waals surface area contributed by atoms with Gasteiger partial charge < -0.3 is 23.3 Å². The number of benzene rings is 9. The van der Waals surface area contributed by atoms with Gasteiger partial charge >= 0.3 is 0 Å². The molecule has 0 unspecified atom stereocenters. The number of ether oxygens (including phenoxy) is 3. The van der Waals surface area contributed by atoms with Gasteiger partial charge in [-0.15, -0.1) is 0 Å². The van der Waals surface area contributed by atoms with Crippen molar-refractivity contribution in [2.24, 2.45) is 0 Å². The van der Waals surface area contributed by atoms with Crippen molar-refractivity contribution >= 4 is 66.7 Å². The second kappa shape index (κ2) is 11.8. The molecule has 0 spiro atoms. The van der Waals surface area contributed by atoms with Crippen LogP contribution in [0.1, 0.15) is 0 Å². The van der Waals surface area contributed by atoms with E-state index in [2.05, 4.69) is 191 Å². The third kappa shape index (κ3) is 4.37. The average molecular weight is 767 g/mol. The van der Waals surface area contributed by atoms with E-state index in [1.807, 2.05) is 6.07 Å². The number of fused-ring (bicyclic) bond motifs is 6. The van der Waals surface area contributed by atoms with E-state index in [0.29, 0.717) is 0 Å². The fourth-order valence-corrected chi connectivity index (χ4v) is 10.3. The predicted molar refractivity (Wildman–Crippen MR) is 244 cm³/mol. The molecule has 2 aromatic heterocycles. The van der Waals surface area contributed by atoms with Crippen LogP contribution in [0.3, 0.4) is 0 Å². The van der Waals surface area contributed by atoms with Crippen molar-refractivity contribution in [3.8, 4) is 68.1 Å². The topological polar surface area (TPSA) is 37.6 Å². The molecule has 3 aliphatic heterocycles. The number of aromatic nitrogens is 2. The summed E-state index contributed by atoms with van der Waals surface area (Å²) in [4.78, 5) is 0. The molecular weight excluding hydrogens is 735 g/mol. The first-order chi connectivity index (χ1) is 29.7. The van der Waals surface area contributed by atoms with Crippen LogP contribution in [-0.4, -0.2) is 15.8 Å². The van der Waals surface area contributed by atoms with Crippen molar-refractivity contribution in [1.82, 2.24) is 9.13 Å². The van der Waals surface area contributed by atoms with Crippen LogP contribution < -0.4 is 30.6 Å². The maximum atomic E-state index is 7.04. The van der Waals surface area contributed by atoms with Crippen molar-refractivity contribution < 1.29 is 14.2 Å². The first-order valence-electron chi connectivity index (χ1n) is 20.4. The Bertz CT molecular complexity index is 3330. The first-order valence-corrected chi connectivity index (χ1v) is 20.4. The maximum Gasteiger partial charge on any atom is 0.270 e. The third-order valence-electron chi connectivity index (χ3n) is 12.8. The first kappa shape index (κ1) is 32.1. The van der Waals surface area contributed by atoms with Gasteiger partial charge in [-0.05, 0) is 107 Å². The molecule has 0 bridgehead atoms. The largest absolute Gasteiger partial charge is 0.458 e. The molecule has 9 aromatic carbocycles. The molecule has 0 amide bonds. The number of nitrogens with zero attached hydrogens (tertiary/aromatic N) is 2. The molecule has 0 N–H and O–H groups in total. The molecule has 0 saturated carbocycles. The highest BCUT2D eigenvalue weighted by Gasteiger charge is 2.46. The fourth-order valence-electron chi connectivity index (χ4n) is 10.3. The van der Waals surface area contributed by atoms with E-state index in [4.69, 9.17) is 14.2 Å². The molecule has 5 heterocycles. The number of hydrogen-bond acceptors (Lipinski definition) is 3. The van der Waals surface area contributed by atoms with E-state index in [9.17, 15) is 0 Å². The standard InChI is InChI=1S/C54H31BN2O3/c1-5-20-42-38(16-1)39-17-2-6-21-43(39)56(42)36-14-9-12-32(26-36)34-28-48-53-50(30-34)60-51-31-35(29-49-54(51)55(53)52-46(58-48)24-11-25-47(52)59-49)33-13-10-15-37(27-33)57-44-22-7-3-18-40(44)41-19-4-8-23-45(41)57/h1-31H. The Morgan fingerprint density at radius 3 is 1.02 bits per heavy atom. The van der Waals surface area contributed by atoms with Crippen molar-refractivity contribution in [2.75, 3.05) is 0 Å². The van der Waals surface area contributed by atoms with Crippen molar-refractivity contribution in [3.63, 3.8) is 0 Å². The van der Waals surface area contributed by atoms with Gasteiger partial charge in [-0.2, -0.15) is 0 Å². The molecule has 0 saturated heterocycles. The zero-order chi connectivity index (χ0) is 39.1. The number of hydrogen-bond donors (Lipinski definition) is 0. The maximum absolute atomic E-state index is 7.04. The minimum Gasteiger partial charge on any atom is -0.458 e. The molecule has 5 nitrogen and oxygen atoms in total. The quantitative estimate of drug-likeness (QED) is 0.167. The minimum atomic E-state index is -0.0848. The van der Waals surface area contributed by atoms with Crippen molar-refractivity contribution in [2.45, 2.75) is 0 Å². The summed E-state index contributed by atoms with van der Waals surface area (Å²) in [6.07, 6.45) is 0. The lowest BCUT2D eigenvalue weighted by Crippen LogP contribution is -2.59. The van der Waals surface area contributed by atoms with Crippen LogP contribution in [0.15, 0.2) is 188 Å². The predicted octanol–water partition coefficient (Wildman–Crippen LogP) is 12.0. The molecule has 0 aliphatic carbocycles. The van der Waals surface area contributed by atoms with Crippen LogP contribution in [0.2, 0.25) is 0 Å². The fraction of sp³-hybridized carbons (Fsp3) is 0. The molecule has 60 heavy (non-hydrogen) atoms. The molecular formula is C54H31BN2O3. The van der Waals surface area contributed by atoms with Crippen LogP contribution in [-0.2, 0) is 0 Å². The highest BCUT2D eigenvalue weighted by atomic mass is 16.5. The van der Waals surface area contributed by atoms with Crippen LogP contribution in [0.4, 0.5) is 0 Å². The summed E-state index contributed by atoms with van der Waals surface area (Å²) in [5.74, 6) is 4.84. The van der Waals surface area contributed by atoms with E-state index in [-0.39, 0.29) is 6.71 Å². The summed E-state index contributed by atoms with van der Waals surface area (Å²) in [5.41, 5.74) is 14.2. The van der Waals surface area contributed by atoms with Crippen LogP contribution in [0.25, 0.3) is 77.2 Å². The van der Waals surface area contributed by atoms with E-state index < -0.39 is 0 Å². The van der Waals surface area contributed by atoms with Crippen molar-refractivity contribution in [3.05, 3.63) is 188 Å². The monoisotopic (exact) mass is 766 g/mol. The highest BCUT2D eigenvalue weighted by Crippen LogP contribution is 2.46. The summed E-state index contributed by atoms with van der Waals surface area (Å²) in [6.45, 7) is -0.0848. The number of para-hydroxylation sites is 4. The van der Waals surface area contributed by atoms with Crippen LogP contribution >= 0.6 is 0 Å². The molecule has 0 radical (unpaired) electrons. The Morgan fingerprint density at radius 1 is 0.283 bits per heavy atom. The Kier molecular flexibility index (Phi) is 6.31. The van der Waals surface area contributed by atoms with Gasteiger partial charge in [0.1, 0.15) is 34.5 Å².